The zero-order valence-electron chi connectivity index (χ0n) is 16.7. The first-order valence-electron chi connectivity index (χ1n) is 9.87. The van der Waals surface area contributed by atoms with E-state index >= 15 is 0 Å². The second-order valence-electron chi connectivity index (χ2n) is 6.71. The van der Waals surface area contributed by atoms with Gasteiger partial charge < -0.3 is 17.1 Å². The van der Waals surface area contributed by atoms with E-state index in [1.165, 1.54) is 96.4 Å². The van der Waals surface area contributed by atoms with Crippen LogP contribution >= 0.6 is 0 Å². The van der Waals surface area contributed by atoms with Gasteiger partial charge in [-0.3, -0.25) is 0 Å². The van der Waals surface area contributed by atoms with Crippen LogP contribution in [0.15, 0.2) is 30.6 Å². The van der Waals surface area contributed by atoms with Crippen LogP contribution in [0.2, 0.25) is 0 Å². The monoisotopic (exact) mass is 381 g/mol. The Bertz CT molecular complexity index is 338. The summed E-state index contributed by atoms with van der Waals surface area (Å²) in [6, 6.07) is 6.31. The molecule has 4 heteroatoms. The minimum atomic E-state index is 0. The molecule has 1 nitrogen and oxygen atoms in total. The quantitative estimate of drug-likeness (QED) is 0.179. The molecule has 1 aromatic heterocycles. The van der Waals surface area contributed by atoms with Crippen LogP contribution in [0, 0.1) is 0 Å². The molecule has 0 spiro atoms. The van der Waals surface area contributed by atoms with Crippen molar-refractivity contribution in [3.63, 3.8) is 0 Å². The summed E-state index contributed by atoms with van der Waals surface area (Å²) >= 11 is 0. The van der Waals surface area contributed by atoms with E-state index < -0.39 is 0 Å². The number of halogens is 2. The van der Waals surface area contributed by atoms with E-state index in [-0.39, 0.29) is 46.7 Å². The second kappa shape index (κ2) is 24.4. The summed E-state index contributed by atoms with van der Waals surface area (Å²) in [4.78, 5) is 0. The Hall–Kier alpha value is 0.370. The third-order valence-electron chi connectivity index (χ3n) is 4.55. The first-order valence-corrected chi connectivity index (χ1v) is 9.87. The van der Waals surface area contributed by atoms with Crippen LogP contribution in [0.5, 0.6) is 0 Å². The van der Waals surface area contributed by atoms with Crippen LogP contribution in [-0.4, -0.2) is 0 Å². The van der Waals surface area contributed by atoms with Gasteiger partial charge in [0.1, 0.15) is 6.54 Å². The number of hydrogen-bond donors (Lipinski definition) is 0. The van der Waals surface area contributed by atoms with Gasteiger partial charge in [-0.25, -0.2) is 4.57 Å². The van der Waals surface area contributed by atoms with Gasteiger partial charge in [-0.15, -0.1) is 0 Å². The van der Waals surface area contributed by atoms with Gasteiger partial charge in [-0.05, 0) is 6.42 Å². The fraction of sp³-hybridized carbons (Fsp3) is 0.762. The first kappa shape index (κ1) is 30.1. The maximum atomic E-state index is 2.29. The molecular formula is C21H38ClFNNa. The van der Waals surface area contributed by atoms with Crippen LogP contribution in [-0.2, 0) is 6.54 Å². The predicted molar refractivity (Wildman–Crippen MR) is 96.9 cm³/mol. The van der Waals surface area contributed by atoms with Gasteiger partial charge >= 0.3 is 29.6 Å². The summed E-state index contributed by atoms with van der Waals surface area (Å²) in [6.07, 6.45) is 24.4. The average molecular weight is 382 g/mol. The van der Waals surface area contributed by atoms with Crippen molar-refractivity contribution in [2.45, 2.75) is 103 Å². The standard InChI is InChI=1S/C21H38N.ClH.FH.Na/c1-2-3-4-5-6-7-8-9-10-11-12-13-14-16-19-22-20-17-15-18-21-22;;;/h15,17-18,20-21H,2-14,16,19H2,1H3;2*1H;/q+1;;;+1/p-2. The summed E-state index contributed by atoms with van der Waals surface area (Å²) in [7, 11) is 0. The molecule has 0 unspecified atom stereocenters. The van der Waals surface area contributed by atoms with Crippen molar-refractivity contribution in [3.05, 3.63) is 30.6 Å². The molecule has 0 aliphatic heterocycles. The van der Waals surface area contributed by atoms with E-state index in [0.29, 0.717) is 0 Å². The molecule has 0 radical (unpaired) electrons. The SMILES string of the molecule is CCCCCCCCCCCCCCCC[n+]1ccccc1.[Cl-].[F-].[Na+]. The molecule has 0 bridgehead atoms. The third-order valence-corrected chi connectivity index (χ3v) is 4.55. The Morgan fingerprint density at radius 3 is 1.32 bits per heavy atom. The number of aryl methyl sites for hydroxylation is 1. The van der Waals surface area contributed by atoms with Gasteiger partial charge in [0, 0.05) is 18.6 Å². The Balaban J connectivity index is -0.00000161. The molecule has 0 aliphatic carbocycles. The van der Waals surface area contributed by atoms with E-state index in [0.717, 1.165) is 0 Å². The number of nitrogens with zero attached hydrogens (tertiary/aromatic N) is 1. The van der Waals surface area contributed by atoms with E-state index in [9.17, 15) is 0 Å². The number of rotatable bonds is 15. The maximum absolute atomic E-state index is 2.29. The fourth-order valence-electron chi connectivity index (χ4n) is 3.07. The smallest absolute Gasteiger partial charge is 1.00 e. The summed E-state index contributed by atoms with van der Waals surface area (Å²) < 4.78 is 2.29. The number of hydrogen-bond acceptors (Lipinski definition) is 0. The molecule has 0 saturated carbocycles. The first-order chi connectivity index (χ1) is 10.9. The van der Waals surface area contributed by atoms with Gasteiger partial charge in [0.05, 0.1) is 0 Å². The largest absolute Gasteiger partial charge is 1.00 e. The summed E-state index contributed by atoms with van der Waals surface area (Å²) in [5.41, 5.74) is 0. The molecule has 0 aliphatic rings. The van der Waals surface area contributed by atoms with E-state index in [4.69, 9.17) is 0 Å². The average Bonchev–Trinajstić information content (AvgIpc) is 2.56. The van der Waals surface area contributed by atoms with Gasteiger partial charge in [0.15, 0.2) is 12.4 Å². The molecule has 1 heterocycles. The van der Waals surface area contributed by atoms with Crippen molar-refractivity contribution >= 4 is 0 Å². The van der Waals surface area contributed by atoms with E-state index in [1.54, 1.807) is 0 Å². The van der Waals surface area contributed by atoms with Crippen LogP contribution in [0.1, 0.15) is 96.8 Å². The van der Waals surface area contributed by atoms with Gasteiger partial charge in [-0.2, -0.15) is 0 Å². The minimum Gasteiger partial charge on any atom is -1.00 e. The number of unbranched alkanes of at least 4 members (excludes halogenated alkanes) is 13. The number of aromatic nitrogens is 1. The predicted octanol–water partition coefficient (Wildman–Crippen LogP) is -2.53. The molecule has 25 heavy (non-hydrogen) atoms. The molecule has 0 aromatic carbocycles. The zero-order chi connectivity index (χ0) is 15.7. The fourth-order valence-corrected chi connectivity index (χ4v) is 3.07. The van der Waals surface area contributed by atoms with Crippen LogP contribution in [0.4, 0.5) is 0 Å². The van der Waals surface area contributed by atoms with Crippen LogP contribution < -0.4 is 51.2 Å². The van der Waals surface area contributed by atoms with Gasteiger partial charge in [0.2, 0.25) is 0 Å². The maximum Gasteiger partial charge on any atom is 1.00 e. The van der Waals surface area contributed by atoms with Crippen LogP contribution in [0.3, 0.4) is 0 Å². The van der Waals surface area contributed by atoms with Gasteiger partial charge in [-0.1, -0.05) is 90.0 Å². The molecule has 0 amide bonds. The van der Waals surface area contributed by atoms with Crippen molar-refractivity contribution < 1.29 is 51.2 Å². The summed E-state index contributed by atoms with van der Waals surface area (Å²) in [5.74, 6) is 0. The van der Waals surface area contributed by atoms with Crippen molar-refractivity contribution in [2.75, 3.05) is 0 Å². The van der Waals surface area contributed by atoms with Crippen molar-refractivity contribution in [1.82, 2.24) is 0 Å². The molecular weight excluding hydrogens is 344 g/mol. The van der Waals surface area contributed by atoms with E-state index in [1.807, 2.05) is 0 Å². The third kappa shape index (κ3) is 20.5. The minimum absolute atomic E-state index is 0. The topological polar surface area (TPSA) is 3.88 Å². The Kier molecular flexibility index (Phi) is 29.4. The summed E-state index contributed by atoms with van der Waals surface area (Å²) in [5, 5.41) is 0. The Morgan fingerprint density at radius 1 is 0.560 bits per heavy atom. The summed E-state index contributed by atoms with van der Waals surface area (Å²) in [6.45, 7) is 3.47. The van der Waals surface area contributed by atoms with Gasteiger partial charge in [0.25, 0.3) is 0 Å². The Morgan fingerprint density at radius 2 is 0.920 bits per heavy atom. The van der Waals surface area contributed by atoms with Crippen LogP contribution in [0.25, 0.3) is 0 Å². The van der Waals surface area contributed by atoms with Crippen molar-refractivity contribution in [2.24, 2.45) is 0 Å². The normalized spacial score (nSPS) is 9.64. The second-order valence-corrected chi connectivity index (χ2v) is 6.71. The molecule has 142 valence electrons. The molecule has 0 N–H and O–H groups in total. The van der Waals surface area contributed by atoms with Crippen molar-refractivity contribution in [3.8, 4) is 0 Å². The molecule has 0 saturated heterocycles. The number of pyridine rings is 1. The molecule has 1 aromatic rings. The zero-order valence-corrected chi connectivity index (χ0v) is 19.5. The van der Waals surface area contributed by atoms with Crippen molar-refractivity contribution in [1.29, 1.82) is 0 Å². The molecule has 0 fully saturated rings. The van der Waals surface area contributed by atoms with E-state index in [2.05, 4.69) is 42.1 Å². The molecule has 1 rings (SSSR count). The molecule has 0 atom stereocenters. The Labute approximate surface area is 184 Å².